The fourth-order valence-electron chi connectivity index (χ4n) is 2.20. The van der Waals surface area contributed by atoms with Crippen molar-refractivity contribution in [2.75, 3.05) is 11.8 Å². The molecule has 4 heteroatoms. The molecule has 0 saturated heterocycles. The van der Waals surface area contributed by atoms with E-state index in [1.807, 2.05) is 56.3 Å². The highest BCUT2D eigenvalue weighted by Gasteiger charge is 2.19. The zero-order chi connectivity index (χ0) is 15.5. The summed E-state index contributed by atoms with van der Waals surface area (Å²) in [6, 6.07) is 13.7. The lowest BCUT2D eigenvalue weighted by Gasteiger charge is -2.20. The summed E-state index contributed by atoms with van der Waals surface area (Å²) in [6.45, 7) is 7.69. The third-order valence-corrected chi connectivity index (χ3v) is 4.60. The summed E-state index contributed by atoms with van der Waals surface area (Å²) in [5, 5.41) is 3.07. The lowest BCUT2D eigenvalue weighted by atomic mass is 10.1. The van der Waals surface area contributed by atoms with Crippen molar-refractivity contribution in [3.05, 3.63) is 59.2 Å². The molecular weight excluding hydrogens is 281 g/mol. The van der Waals surface area contributed by atoms with Gasteiger partial charge >= 0.3 is 7.52 Å². The van der Waals surface area contributed by atoms with E-state index in [1.54, 1.807) is 6.66 Å². The summed E-state index contributed by atoms with van der Waals surface area (Å²) in [5.41, 5.74) is 4.23. The lowest BCUT2D eigenvalue weighted by molar-refractivity contribution is 0.493. The third kappa shape index (κ3) is 4.12. The van der Waals surface area contributed by atoms with Crippen LogP contribution in [0.4, 0.5) is 5.69 Å². The minimum Gasteiger partial charge on any atom is -0.429 e. The Bertz CT molecular complexity index is 645. The van der Waals surface area contributed by atoms with E-state index in [-0.39, 0.29) is 0 Å². The number of anilines is 1. The van der Waals surface area contributed by atoms with Gasteiger partial charge in [0.25, 0.3) is 0 Å². The van der Waals surface area contributed by atoms with Crippen LogP contribution in [0.15, 0.2) is 42.5 Å². The Morgan fingerprint density at radius 3 is 2.14 bits per heavy atom. The first kappa shape index (κ1) is 15.7. The minimum atomic E-state index is -2.96. The van der Waals surface area contributed by atoms with E-state index >= 15 is 0 Å². The quantitative estimate of drug-likeness (QED) is 0.773. The highest BCUT2D eigenvalue weighted by atomic mass is 31.2. The number of nitrogens with one attached hydrogen (secondary N) is 1. The predicted octanol–water partition coefficient (Wildman–Crippen LogP) is 5.18. The number of para-hydroxylation sites is 1. The highest BCUT2D eigenvalue weighted by molar-refractivity contribution is 7.60. The van der Waals surface area contributed by atoms with Gasteiger partial charge in [0.05, 0.1) is 0 Å². The van der Waals surface area contributed by atoms with Gasteiger partial charge in [0.1, 0.15) is 5.75 Å². The van der Waals surface area contributed by atoms with Crippen LogP contribution >= 0.6 is 7.52 Å². The molecule has 0 radical (unpaired) electrons. The number of benzene rings is 2. The second kappa shape index (κ2) is 6.36. The molecule has 0 spiro atoms. The molecule has 0 amide bonds. The first-order valence-electron chi connectivity index (χ1n) is 7.12. The molecule has 0 aliphatic rings. The van der Waals surface area contributed by atoms with Crippen molar-refractivity contribution in [1.29, 1.82) is 0 Å². The first-order valence-corrected chi connectivity index (χ1v) is 9.19. The topological polar surface area (TPSA) is 38.3 Å². The van der Waals surface area contributed by atoms with Gasteiger partial charge < -0.3 is 9.61 Å². The van der Waals surface area contributed by atoms with E-state index in [9.17, 15) is 4.57 Å². The molecule has 3 nitrogen and oxygen atoms in total. The molecule has 1 atom stereocenters. The summed E-state index contributed by atoms with van der Waals surface area (Å²) in [5.74, 6) is 0.622. The van der Waals surface area contributed by atoms with Crippen molar-refractivity contribution in [3.8, 4) is 5.75 Å². The normalized spacial score (nSPS) is 13.5. The van der Waals surface area contributed by atoms with Crippen LogP contribution in [-0.2, 0) is 11.0 Å². The Kier molecular flexibility index (Phi) is 4.74. The monoisotopic (exact) mass is 303 g/mol. The average Bonchev–Trinajstić information content (AvgIpc) is 2.43. The van der Waals surface area contributed by atoms with Crippen molar-refractivity contribution in [2.45, 2.75) is 27.2 Å². The van der Waals surface area contributed by atoms with Crippen LogP contribution in [-0.4, -0.2) is 6.66 Å². The van der Waals surface area contributed by atoms with Crippen LogP contribution in [0.1, 0.15) is 23.6 Å². The van der Waals surface area contributed by atoms with E-state index < -0.39 is 7.52 Å². The number of hydrogen-bond acceptors (Lipinski definition) is 2. The van der Waals surface area contributed by atoms with Crippen LogP contribution in [0.25, 0.3) is 0 Å². The van der Waals surface area contributed by atoms with Crippen molar-refractivity contribution >= 4 is 13.2 Å². The summed E-state index contributed by atoms with van der Waals surface area (Å²) in [6.07, 6.45) is 0.977. The Labute approximate surface area is 126 Å². The zero-order valence-corrected chi connectivity index (χ0v) is 13.9. The standard InChI is InChI=1S/C17H22NO2P/c1-5-15-9-11-16(12-10-15)20-21(4,19)18-17-13(2)7-6-8-14(17)3/h6-12H,5H2,1-4H3,(H,18,19)/t21-/m0/s1. The Morgan fingerprint density at radius 1 is 1.05 bits per heavy atom. The number of hydrogen-bond donors (Lipinski definition) is 1. The van der Waals surface area contributed by atoms with E-state index in [4.69, 9.17) is 4.52 Å². The maximum absolute atomic E-state index is 12.7. The molecule has 112 valence electrons. The molecule has 0 saturated carbocycles. The van der Waals surface area contributed by atoms with Crippen molar-refractivity contribution in [2.24, 2.45) is 0 Å². The molecule has 0 fully saturated rings. The molecule has 0 aromatic heterocycles. The maximum atomic E-state index is 12.7. The van der Waals surface area contributed by atoms with Crippen LogP contribution in [0.3, 0.4) is 0 Å². The summed E-state index contributed by atoms with van der Waals surface area (Å²) in [7, 11) is -2.96. The van der Waals surface area contributed by atoms with Gasteiger partial charge in [-0.15, -0.1) is 0 Å². The molecule has 0 aliphatic heterocycles. The van der Waals surface area contributed by atoms with Crippen molar-refractivity contribution < 1.29 is 9.09 Å². The van der Waals surface area contributed by atoms with E-state index in [1.165, 1.54) is 5.56 Å². The Hall–Kier alpha value is -1.73. The lowest BCUT2D eigenvalue weighted by Crippen LogP contribution is -2.04. The molecule has 2 aromatic carbocycles. The van der Waals surface area contributed by atoms with Gasteiger partial charge in [-0.05, 0) is 49.1 Å². The molecule has 0 unspecified atom stereocenters. The van der Waals surface area contributed by atoms with Crippen molar-refractivity contribution in [1.82, 2.24) is 0 Å². The van der Waals surface area contributed by atoms with Crippen LogP contribution in [0, 0.1) is 13.8 Å². The average molecular weight is 303 g/mol. The van der Waals surface area contributed by atoms with Crippen LogP contribution in [0.5, 0.6) is 5.75 Å². The van der Waals surface area contributed by atoms with Gasteiger partial charge in [-0.3, -0.25) is 4.57 Å². The van der Waals surface area contributed by atoms with E-state index in [0.29, 0.717) is 5.75 Å². The van der Waals surface area contributed by atoms with Gasteiger partial charge in [-0.25, -0.2) is 0 Å². The maximum Gasteiger partial charge on any atom is 0.338 e. The van der Waals surface area contributed by atoms with Crippen molar-refractivity contribution in [3.63, 3.8) is 0 Å². The summed E-state index contributed by atoms with van der Waals surface area (Å²) in [4.78, 5) is 0. The number of aryl methyl sites for hydroxylation is 3. The van der Waals surface area contributed by atoms with Gasteiger partial charge in [-0.1, -0.05) is 37.3 Å². The molecule has 0 bridgehead atoms. The fraction of sp³-hybridized carbons (Fsp3) is 0.294. The predicted molar refractivity (Wildman–Crippen MR) is 89.5 cm³/mol. The molecule has 2 rings (SSSR count). The molecule has 2 aromatic rings. The molecule has 0 heterocycles. The molecular formula is C17H22NO2P. The van der Waals surface area contributed by atoms with Gasteiger partial charge in [0.2, 0.25) is 0 Å². The molecule has 1 N–H and O–H groups in total. The highest BCUT2D eigenvalue weighted by Crippen LogP contribution is 2.44. The van der Waals surface area contributed by atoms with E-state index in [0.717, 1.165) is 23.2 Å². The summed E-state index contributed by atoms with van der Waals surface area (Å²) >= 11 is 0. The largest absolute Gasteiger partial charge is 0.429 e. The second-order valence-corrected chi connectivity index (χ2v) is 7.41. The number of rotatable bonds is 5. The molecule has 0 aliphatic carbocycles. The first-order chi connectivity index (χ1) is 9.91. The third-order valence-electron chi connectivity index (χ3n) is 3.41. The second-order valence-electron chi connectivity index (χ2n) is 5.31. The van der Waals surface area contributed by atoms with Crippen LogP contribution in [0.2, 0.25) is 0 Å². The SMILES string of the molecule is CCc1ccc(O[P@](C)(=O)Nc2c(C)cccc2C)cc1. The minimum absolute atomic E-state index is 0.622. The van der Waals surface area contributed by atoms with E-state index in [2.05, 4.69) is 12.0 Å². The molecule has 21 heavy (non-hydrogen) atoms. The zero-order valence-electron chi connectivity index (χ0n) is 13.0. The summed E-state index contributed by atoms with van der Waals surface area (Å²) < 4.78 is 18.3. The van der Waals surface area contributed by atoms with Gasteiger partial charge in [-0.2, -0.15) is 0 Å². The Morgan fingerprint density at radius 2 is 1.62 bits per heavy atom. The fourth-order valence-corrected chi connectivity index (χ4v) is 3.53. The van der Waals surface area contributed by atoms with Gasteiger partial charge in [0, 0.05) is 12.4 Å². The Balaban J connectivity index is 2.16. The van der Waals surface area contributed by atoms with Gasteiger partial charge in [0.15, 0.2) is 0 Å². The van der Waals surface area contributed by atoms with Crippen LogP contribution < -0.4 is 9.61 Å². The smallest absolute Gasteiger partial charge is 0.338 e.